The molecule has 0 aliphatic carbocycles. The van der Waals surface area contributed by atoms with Crippen LogP contribution in [0.25, 0.3) is 0 Å². The number of nitrogens with one attached hydrogen (secondary N) is 1. The number of para-hydroxylation sites is 2. The van der Waals surface area contributed by atoms with Crippen molar-refractivity contribution in [2.45, 2.75) is 13.5 Å². The van der Waals surface area contributed by atoms with Gasteiger partial charge in [-0.2, -0.15) is 11.3 Å². The number of aryl methyl sites for hydroxylation is 1. The van der Waals surface area contributed by atoms with Gasteiger partial charge in [-0.3, -0.25) is 0 Å². The molecule has 21 heavy (non-hydrogen) atoms. The highest BCUT2D eigenvalue weighted by Gasteiger charge is 2.11. The standard InChI is InChI=1S/C14H18N2O3S2/c1-11-9-20-10-12(11)8-16-21(17,18)7-6-19-14-5-3-2-4-13(14)15/h2-5,9-10,16H,6-8,15H2,1H3. The van der Waals surface area contributed by atoms with E-state index in [4.69, 9.17) is 10.5 Å². The number of hydrogen-bond acceptors (Lipinski definition) is 5. The highest BCUT2D eigenvalue weighted by atomic mass is 32.2. The van der Waals surface area contributed by atoms with Gasteiger partial charge in [0.2, 0.25) is 10.0 Å². The van der Waals surface area contributed by atoms with Crippen LogP contribution in [0.15, 0.2) is 35.0 Å². The molecular weight excluding hydrogens is 308 g/mol. The highest BCUT2D eigenvalue weighted by Crippen LogP contribution is 2.19. The predicted molar refractivity (Wildman–Crippen MR) is 86.0 cm³/mol. The third-order valence-electron chi connectivity index (χ3n) is 2.97. The lowest BCUT2D eigenvalue weighted by molar-refractivity contribution is 0.342. The Morgan fingerprint density at radius 2 is 2.05 bits per heavy atom. The molecule has 2 rings (SSSR count). The van der Waals surface area contributed by atoms with Crippen molar-refractivity contribution in [1.29, 1.82) is 0 Å². The first-order chi connectivity index (χ1) is 9.98. The minimum atomic E-state index is -3.37. The van der Waals surface area contributed by atoms with Crippen molar-refractivity contribution < 1.29 is 13.2 Å². The number of rotatable bonds is 7. The van der Waals surface area contributed by atoms with Crippen LogP contribution in [0.2, 0.25) is 0 Å². The van der Waals surface area contributed by atoms with E-state index in [0.29, 0.717) is 18.0 Å². The average molecular weight is 326 g/mol. The van der Waals surface area contributed by atoms with Crippen LogP contribution in [0.3, 0.4) is 0 Å². The van der Waals surface area contributed by atoms with Gasteiger partial charge in [-0.25, -0.2) is 13.1 Å². The van der Waals surface area contributed by atoms with E-state index in [1.54, 1.807) is 35.6 Å². The number of anilines is 1. The SMILES string of the molecule is Cc1cscc1CNS(=O)(=O)CCOc1ccccc1N. The van der Waals surface area contributed by atoms with Crippen molar-refractivity contribution in [3.05, 3.63) is 46.2 Å². The summed E-state index contributed by atoms with van der Waals surface area (Å²) in [6.45, 7) is 2.33. The molecule has 7 heteroatoms. The smallest absolute Gasteiger partial charge is 0.215 e. The lowest BCUT2D eigenvalue weighted by Gasteiger charge is -2.10. The van der Waals surface area contributed by atoms with E-state index in [1.807, 2.05) is 17.7 Å². The molecule has 114 valence electrons. The lowest BCUT2D eigenvalue weighted by atomic mass is 10.2. The van der Waals surface area contributed by atoms with Gasteiger partial charge in [0.05, 0.1) is 11.4 Å². The van der Waals surface area contributed by atoms with E-state index in [1.165, 1.54) is 0 Å². The van der Waals surface area contributed by atoms with Crippen molar-refractivity contribution in [2.75, 3.05) is 18.1 Å². The first-order valence-corrected chi connectivity index (χ1v) is 9.04. The van der Waals surface area contributed by atoms with E-state index in [9.17, 15) is 8.42 Å². The number of ether oxygens (including phenoxy) is 1. The van der Waals surface area contributed by atoms with Crippen molar-refractivity contribution >= 4 is 27.0 Å². The molecule has 0 fully saturated rings. The third kappa shape index (κ3) is 4.73. The van der Waals surface area contributed by atoms with Crippen molar-refractivity contribution in [1.82, 2.24) is 4.72 Å². The Hall–Kier alpha value is -1.57. The van der Waals surface area contributed by atoms with Gasteiger partial charge in [0.15, 0.2) is 0 Å². The van der Waals surface area contributed by atoms with Gasteiger partial charge in [-0.1, -0.05) is 12.1 Å². The molecule has 0 saturated carbocycles. The molecule has 1 aromatic heterocycles. The van der Waals surface area contributed by atoms with E-state index in [2.05, 4.69) is 4.72 Å². The quantitative estimate of drug-likeness (QED) is 0.764. The molecule has 0 unspecified atom stereocenters. The van der Waals surface area contributed by atoms with Gasteiger partial charge in [-0.15, -0.1) is 0 Å². The molecule has 0 saturated heterocycles. The van der Waals surface area contributed by atoms with Crippen LogP contribution >= 0.6 is 11.3 Å². The number of sulfonamides is 1. The highest BCUT2D eigenvalue weighted by molar-refractivity contribution is 7.89. The number of nitrogen functional groups attached to an aromatic ring is 1. The zero-order valence-corrected chi connectivity index (χ0v) is 13.3. The molecule has 1 aromatic carbocycles. The average Bonchev–Trinajstić information content (AvgIpc) is 2.84. The molecule has 0 bridgehead atoms. The zero-order valence-electron chi connectivity index (χ0n) is 11.7. The fraction of sp³-hybridized carbons (Fsp3) is 0.286. The summed E-state index contributed by atoms with van der Waals surface area (Å²) in [5.74, 6) is 0.395. The molecule has 2 aromatic rings. The first-order valence-electron chi connectivity index (χ1n) is 6.44. The summed E-state index contributed by atoms with van der Waals surface area (Å²) in [6, 6.07) is 7.01. The van der Waals surface area contributed by atoms with Crippen LogP contribution in [-0.2, 0) is 16.6 Å². The molecule has 0 aliphatic rings. The van der Waals surface area contributed by atoms with E-state index in [0.717, 1.165) is 11.1 Å². The minimum Gasteiger partial charge on any atom is -0.490 e. The van der Waals surface area contributed by atoms with Gasteiger partial charge in [0, 0.05) is 6.54 Å². The Kier molecular flexibility index (Phi) is 5.22. The van der Waals surface area contributed by atoms with Crippen LogP contribution < -0.4 is 15.2 Å². The fourth-order valence-electron chi connectivity index (χ4n) is 1.70. The van der Waals surface area contributed by atoms with Crippen molar-refractivity contribution in [3.63, 3.8) is 0 Å². The van der Waals surface area contributed by atoms with Crippen LogP contribution in [0.5, 0.6) is 5.75 Å². The molecule has 0 spiro atoms. The third-order valence-corrected chi connectivity index (χ3v) is 5.17. The summed E-state index contributed by atoms with van der Waals surface area (Å²) >= 11 is 1.56. The largest absolute Gasteiger partial charge is 0.490 e. The van der Waals surface area contributed by atoms with E-state index in [-0.39, 0.29) is 12.4 Å². The molecule has 1 heterocycles. The topological polar surface area (TPSA) is 81.4 Å². The Morgan fingerprint density at radius 1 is 1.29 bits per heavy atom. The number of thiophene rings is 1. The summed E-state index contributed by atoms with van der Waals surface area (Å²) in [6.07, 6.45) is 0. The van der Waals surface area contributed by atoms with Crippen LogP contribution in [-0.4, -0.2) is 20.8 Å². The summed E-state index contributed by atoms with van der Waals surface area (Å²) in [7, 11) is -3.37. The van der Waals surface area contributed by atoms with Crippen molar-refractivity contribution in [3.8, 4) is 5.75 Å². The van der Waals surface area contributed by atoms with Crippen LogP contribution in [0.4, 0.5) is 5.69 Å². The van der Waals surface area contributed by atoms with Gasteiger partial charge in [-0.05, 0) is 40.9 Å². The normalized spacial score (nSPS) is 11.5. The van der Waals surface area contributed by atoms with Gasteiger partial charge in [0.1, 0.15) is 12.4 Å². The van der Waals surface area contributed by atoms with Crippen LogP contribution in [0, 0.1) is 6.92 Å². The summed E-state index contributed by atoms with van der Waals surface area (Å²) < 4.78 is 31.7. The maximum absolute atomic E-state index is 11.9. The Labute approximate surface area is 128 Å². The lowest BCUT2D eigenvalue weighted by Crippen LogP contribution is -2.28. The molecule has 0 atom stereocenters. The Morgan fingerprint density at radius 3 is 2.71 bits per heavy atom. The Bertz CT molecular complexity index is 696. The number of nitrogens with two attached hydrogens (primary N) is 1. The molecule has 0 radical (unpaired) electrons. The van der Waals surface area contributed by atoms with Crippen molar-refractivity contribution in [2.24, 2.45) is 0 Å². The van der Waals surface area contributed by atoms with Crippen LogP contribution in [0.1, 0.15) is 11.1 Å². The second-order valence-corrected chi connectivity index (χ2v) is 7.28. The summed E-state index contributed by atoms with van der Waals surface area (Å²) in [4.78, 5) is 0. The molecule has 0 aliphatic heterocycles. The van der Waals surface area contributed by atoms with E-state index < -0.39 is 10.0 Å². The molecular formula is C14H18N2O3S2. The fourth-order valence-corrected chi connectivity index (χ4v) is 3.38. The predicted octanol–water partition coefficient (Wildman–Crippen LogP) is 2.14. The second kappa shape index (κ2) is 6.93. The monoisotopic (exact) mass is 326 g/mol. The maximum Gasteiger partial charge on any atom is 0.215 e. The first kappa shape index (κ1) is 15.8. The second-order valence-electron chi connectivity index (χ2n) is 4.61. The number of benzene rings is 1. The summed E-state index contributed by atoms with van der Waals surface area (Å²) in [5.41, 5.74) is 8.31. The maximum atomic E-state index is 11.9. The van der Waals surface area contributed by atoms with Gasteiger partial charge in [0.25, 0.3) is 0 Å². The zero-order chi connectivity index (χ0) is 15.3. The summed E-state index contributed by atoms with van der Waals surface area (Å²) in [5, 5.41) is 3.93. The molecule has 0 amide bonds. The number of hydrogen-bond donors (Lipinski definition) is 2. The molecule has 5 nitrogen and oxygen atoms in total. The van der Waals surface area contributed by atoms with E-state index >= 15 is 0 Å². The Balaban J connectivity index is 1.82. The minimum absolute atomic E-state index is 0.0617. The van der Waals surface area contributed by atoms with Gasteiger partial charge >= 0.3 is 0 Å². The van der Waals surface area contributed by atoms with Gasteiger partial charge < -0.3 is 10.5 Å². The molecule has 3 N–H and O–H groups in total.